The molecule has 7 nitrogen and oxygen atoms in total. The standard InChI is InChI=1S/C24H24F3N5O2/c1-2-33-19-8-15(24(25,26)27)9-29-23(19)34-13-18-16-10-31(11-17(16)18)12-20-30-22-21-14(5-6-28-22)4-3-7-32(20)21/h2,5-6,8-9,16-18H,1,3-4,7,10-13H2/t16-,17+,18?. The topological polar surface area (TPSA) is 65.3 Å². The Hall–Kier alpha value is -3.14. The fourth-order valence-corrected chi connectivity index (χ4v) is 5.52. The third kappa shape index (κ3) is 3.70. The number of hydrogen-bond acceptors (Lipinski definition) is 6. The number of aryl methyl sites for hydroxylation is 2. The van der Waals surface area contributed by atoms with Gasteiger partial charge in [0, 0.05) is 44.0 Å². The number of ether oxygens (including phenoxy) is 2. The molecule has 1 saturated carbocycles. The molecule has 3 aliphatic rings. The molecule has 2 fully saturated rings. The highest BCUT2D eigenvalue weighted by Gasteiger charge is 2.56. The summed E-state index contributed by atoms with van der Waals surface area (Å²) in [4.78, 5) is 15.5. The predicted molar refractivity (Wildman–Crippen MR) is 117 cm³/mol. The van der Waals surface area contributed by atoms with Crippen LogP contribution in [-0.2, 0) is 25.7 Å². The minimum Gasteiger partial charge on any atom is -0.475 e. The van der Waals surface area contributed by atoms with Crippen LogP contribution in [0.3, 0.4) is 0 Å². The highest BCUT2D eigenvalue weighted by molar-refractivity contribution is 5.76. The largest absolute Gasteiger partial charge is 0.475 e. The molecule has 1 unspecified atom stereocenters. The summed E-state index contributed by atoms with van der Waals surface area (Å²) in [6, 6.07) is 2.98. The Bertz CT molecular complexity index is 1250. The van der Waals surface area contributed by atoms with Crippen molar-refractivity contribution >= 4 is 11.2 Å². The molecule has 0 N–H and O–H groups in total. The monoisotopic (exact) mass is 471 g/mol. The summed E-state index contributed by atoms with van der Waals surface area (Å²) in [6.45, 7) is 7.52. The van der Waals surface area contributed by atoms with Crippen molar-refractivity contribution in [3.63, 3.8) is 0 Å². The number of pyridine rings is 2. The van der Waals surface area contributed by atoms with Gasteiger partial charge in [0.05, 0.1) is 30.5 Å². The van der Waals surface area contributed by atoms with Crippen molar-refractivity contribution in [3.05, 3.63) is 54.3 Å². The molecule has 10 heteroatoms. The average Bonchev–Trinajstić information content (AvgIpc) is 3.11. The van der Waals surface area contributed by atoms with E-state index in [1.54, 1.807) is 0 Å². The van der Waals surface area contributed by atoms with Crippen molar-refractivity contribution in [2.45, 2.75) is 32.1 Å². The van der Waals surface area contributed by atoms with Gasteiger partial charge in [0.2, 0.25) is 0 Å². The van der Waals surface area contributed by atoms with Gasteiger partial charge in [-0.15, -0.1) is 0 Å². The van der Waals surface area contributed by atoms with E-state index in [1.807, 2.05) is 6.20 Å². The second kappa shape index (κ2) is 7.97. The van der Waals surface area contributed by atoms with Crippen molar-refractivity contribution in [3.8, 4) is 11.6 Å². The minimum absolute atomic E-state index is 0.0567. The number of alkyl halides is 3. The Morgan fingerprint density at radius 3 is 2.79 bits per heavy atom. The van der Waals surface area contributed by atoms with Gasteiger partial charge < -0.3 is 14.0 Å². The molecular formula is C24H24F3N5O2. The molecule has 0 aromatic carbocycles. The normalized spacial score (nSPS) is 23.7. The summed E-state index contributed by atoms with van der Waals surface area (Å²) >= 11 is 0. The van der Waals surface area contributed by atoms with E-state index in [0.29, 0.717) is 24.4 Å². The number of halogens is 3. The molecule has 0 bridgehead atoms. The van der Waals surface area contributed by atoms with Crippen molar-refractivity contribution in [1.29, 1.82) is 0 Å². The maximum atomic E-state index is 13.0. The molecule has 0 spiro atoms. The van der Waals surface area contributed by atoms with Crippen LogP contribution in [0.15, 0.2) is 37.4 Å². The van der Waals surface area contributed by atoms with Crippen molar-refractivity contribution in [2.75, 3.05) is 19.7 Å². The first-order valence-electron chi connectivity index (χ1n) is 11.5. The highest BCUT2D eigenvalue weighted by Crippen LogP contribution is 2.52. The number of rotatable bonds is 7. The maximum absolute atomic E-state index is 13.0. The molecule has 3 aromatic rings. The molecule has 3 atom stereocenters. The first-order valence-corrected chi connectivity index (χ1v) is 11.5. The molecule has 6 rings (SSSR count). The molecular weight excluding hydrogens is 447 g/mol. The Kier molecular flexibility index (Phi) is 5.02. The lowest BCUT2D eigenvalue weighted by Gasteiger charge is -2.21. The van der Waals surface area contributed by atoms with E-state index in [4.69, 9.17) is 14.5 Å². The van der Waals surface area contributed by atoms with Crippen LogP contribution in [0.4, 0.5) is 13.2 Å². The highest BCUT2D eigenvalue weighted by atomic mass is 19.4. The Morgan fingerprint density at radius 2 is 2.03 bits per heavy atom. The zero-order chi connectivity index (χ0) is 23.4. The molecule has 1 saturated heterocycles. The Labute approximate surface area is 194 Å². The fourth-order valence-electron chi connectivity index (χ4n) is 5.52. The van der Waals surface area contributed by atoms with Gasteiger partial charge in [-0.3, -0.25) is 4.90 Å². The van der Waals surface area contributed by atoms with Crippen LogP contribution in [0, 0.1) is 17.8 Å². The molecule has 3 aromatic heterocycles. The van der Waals surface area contributed by atoms with Crippen LogP contribution in [0.25, 0.3) is 11.2 Å². The van der Waals surface area contributed by atoms with Crippen LogP contribution in [0.1, 0.15) is 23.4 Å². The van der Waals surface area contributed by atoms with Crippen LogP contribution in [-0.4, -0.2) is 44.1 Å². The molecule has 5 heterocycles. The van der Waals surface area contributed by atoms with Crippen LogP contribution in [0.5, 0.6) is 11.6 Å². The Balaban J connectivity index is 1.07. The Morgan fingerprint density at radius 1 is 1.21 bits per heavy atom. The quantitative estimate of drug-likeness (QED) is 0.484. The summed E-state index contributed by atoms with van der Waals surface area (Å²) in [7, 11) is 0. The van der Waals surface area contributed by atoms with E-state index in [9.17, 15) is 13.2 Å². The van der Waals surface area contributed by atoms with E-state index >= 15 is 0 Å². The number of imidazole rings is 1. The average molecular weight is 471 g/mol. The van der Waals surface area contributed by atoms with Crippen molar-refractivity contribution in [1.82, 2.24) is 24.4 Å². The summed E-state index contributed by atoms with van der Waals surface area (Å²) in [6.07, 6.45) is 1.37. The van der Waals surface area contributed by atoms with Gasteiger partial charge >= 0.3 is 6.18 Å². The predicted octanol–water partition coefficient (Wildman–Crippen LogP) is 4.07. The lowest BCUT2D eigenvalue weighted by molar-refractivity contribution is -0.138. The summed E-state index contributed by atoms with van der Waals surface area (Å²) < 4.78 is 52.1. The minimum atomic E-state index is -4.50. The third-order valence-corrected chi connectivity index (χ3v) is 7.21. The SMILES string of the molecule is C=COc1cc(C(F)(F)F)cnc1OCC1[C@H]2CN(Cc3nc4nccc5c4n3CCC5)C[C@@H]12. The van der Waals surface area contributed by atoms with Gasteiger partial charge in [-0.05, 0) is 36.3 Å². The number of piperidine rings is 1. The number of nitrogens with zero attached hydrogens (tertiary/aromatic N) is 5. The smallest absolute Gasteiger partial charge is 0.418 e. The van der Waals surface area contributed by atoms with Crippen molar-refractivity contribution < 1.29 is 22.6 Å². The molecule has 0 amide bonds. The van der Waals surface area contributed by atoms with Crippen LogP contribution >= 0.6 is 0 Å². The van der Waals surface area contributed by atoms with E-state index in [-0.39, 0.29) is 11.6 Å². The number of likely N-dealkylation sites (tertiary alicyclic amines) is 1. The first kappa shape index (κ1) is 21.4. The number of aromatic nitrogens is 4. The van der Waals surface area contributed by atoms with Crippen molar-refractivity contribution in [2.24, 2.45) is 17.8 Å². The molecule has 2 aliphatic heterocycles. The zero-order valence-corrected chi connectivity index (χ0v) is 18.5. The van der Waals surface area contributed by atoms with Gasteiger partial charge in [0.1, 0.15) is 5.82 Å². The maximum Gasteiger partial charge on any atom is 0.418 e. The first-order chi connectivity index (χ1) is 16.4. The molecule has 178 valence electrons. The zero-order valence-electron chi connectivity index (χ0n) is 18.5. The molecule has 0 radical (unpaired) electrons. The summed E-state index contributed by atoms with van der Waals surface area (Å²) in [5.41, 5.74) is 2.46. The van der Waals surface area contributed by atoms with Gasteiger partial charge in [0.25, 0.3) is 5.88 Å². The second-order valence-electron chi connectivity index (χ2n) is 9.23. The lowest BCUT2D eigenvalue weighted by Crippen LogP contribution is -2.27. The van der Waals surface area contributed by atoms with E-state index in [1.165, 1.54) is 11.1 Å². The number of hydrogen-bond donors (Lipinski definition) is 0. The van der Waals surface area contributed by atoms with Gasteiger partial charge in [0.15, 0.2) is 11.4 Å². The van der Waals surface area contributed by atoms with E-state index < -0.39 is 11.7 Å². The number of fused-ring (bicyclic) bond motifs is 1. The van der Waals surface area contributed by atoms with E-state index in [2.05, 4.69) is 32.1 Å². The molecule has 1 aliphatic carbocycles. The van der Waals surface area contributed by atoms with Gasteiger partial charge in [-0.25, -0.2) is 15.0 Å². The second-order valence-corrected chi connectivity index (χ2v) is 9.23. The van der Waals surface area contributed by atoms with Gasteiger partial charge in [-0.2, -0.15) is 13.2 Å². The van der Waals surface area contributed by atoms with Gasteiger partial charge in [-0.1, -0.05) is 6.58 Å². The van der Waals surface area contributed by atoms with E-state index in [0.717, 1.165) is 69.0 Å². The van der Waals surface area contributed by atoms with Crippen LogP contribution in [0.2, 0.25) is 0 Å². The third-order valence-electron chi connectivity index (χ3n) is 7.21. The molecule has 34 heavy (non-hydrogen) atoms. The lowest BCUT2D eigenvalue weighted by atomic mass is 10.1. The summed E-state index contributed by atoms with van der Waals surface area (Å²) in [5.74, 6) is 2.44. The van der Waals surface area contributed by atoms with Crippen LogP contribution < -0.4 is 9.47 Å². The summed E-state index contributed by atoms with van der Waals surface area (Å²) in [5, 5.41) is 0. The fraction of sp³-hybridized carbons (Fsp3) is 0.458.